The molecule has 1 aliphatic rings. The third-order valence-corrected chi connectivity index (χ3v) is 6.10. The van der Waals surface area contributed by atoms with E-state index in [0.29, 0.717) is 17.6 Å². The predicted octanol–water partition coefficient (Wildman–Crippen LogP) is 3.49. The molecule has 4 rings (SSSR count). The van der Waals surface area contributed by atoms with Gasteiger partial charge >= 0.3 is 0 Å². The number of ether oxygens (including phenoxy) is 1. The third-order valence-electron chi connectivity index (χ3n) is 4.89. The Labute approximate surface area is 180 Å². The molecule has 2 heterocycles. The lowest BCUT2D eigenvalue weighted by atomic mass is 10.0. The number of thioether (sulfide) groups is 1. The van der Waals surface area contributed by atoms with Gasteiger partial charge in [-0.3, -0.25) is 4.79 Å². The zero-order valence-electron chi connectivity index (χ0n) is 17.2. The first-order valence-corrected chi connectivity index (χ1v) is 10.8. The number of hydrogen-bond acceptors (Lipinski definition) is 6. The minimum absolute atomic E-state index is 0.0162. The standard InChI is InChI=1S/C22H25N5O2S/c1-14(2)13-23-21(28)19-18(15-9-11-17(29-3)12-10-15)26-27-20(24-25-22(27)30-19)16-7-5-4-6-8-16/h4-12,14,18-19,26H,13H2,1-3H3,(H,23,28). The van der Waals surface area contributed by atoms with Crippen LogP contribution in [0.4, 0.5) is 0 Å². The Hall–Kier alpha value is -3.00. The van der Waals surface area contributed by atoms with Gasteiger partial charge in [-0.15, -0.1) is 10.2 Å². The van der Waals surface area contributed by atoms with E-state index >= 15 is 0 Å². The van der Waals surface area contributed by atoms with Gasteiger partial charge in [0.15, 0.2) is 5.82 Å². The first-order chi connectivity index (χ1) is 14.6. The number of nitrogens with zero attached hydrogens (tertiary/aromatic N) is 3. The Morgan fingerprint density at radius 1 is 1.17 bits per heavy atom. The van der Waals surface area contributed by atoms with Gasteiger partial charge in [0.2, 0.25) is 11.1 Å². The van der Waals surface area contributed by atoms with E-state index in [-0.39, 0.29) is 17.2 Å². The van der Waals surface area contributed by atoms with Gasteiger partial charge in [-0.1, -0.05) is 68.1 Å². The quantitative estimate of drug-likeness (QED) is 0.632. The predicted molar refractivity (Wildman–Crippen MR) is 118 cm³/mol. The Morgan fingerprint density at radius 3 is 2.57 bits per heavy atom. The fourth-order valence-electron chi connectivity index (χ4n) is 3.30. The summed E-state index contributed by atoms with van der Waals surface area (Å²) in [5.74, 6) is 1.86. The molecule has 1 aromatic heterocycles. The summed E-state index contributed by atoms with van der Waals surface area (Å²) in [5.41, 5.74) is 5.44. The molecule has 2 N–H and O–H groups in total. The molecular weight excluding hydrogens is 398 g/mol. The van der Waals surface area contributed by atoms with Crippen LogP contribution in [0.3, 0.4) is 0 Å². The van der Waals surface area contributed by atoms with E-state index in [1.807, 2.05) is 59.3 Å². The maximum atomic E-state index is 13.0. The number of rotatable bonds is 6. The topological polar surface area (TPSA) is 81.1 Å². The van der Waals surface area contributed by atoms with Crippen molar-refractivity contribution in [1.82, 2.24) is 20.2 Å². The van der Waals surface area contributed by atoms with E-state index in [2.05, 4.69) is 34.8 Å². The molecule has 0 fully saturated rings. The summed E-state index contributed by atoms with van der Waals surface area (Å²) in [6.45, 7) is 4.79. The summed E-state index contributed by atoms with van der Waals surface area (Å²) in [5, 5.41) is 12.1. The first-order valence-electron chi connectivity index (χ1n) is 9.92. The number of benzene rings is 2. The molecule has 2 atom stereocenters. The van der Waals surface area contributed by atoms with Crippen LogP contribution >= 0.6 is 11.8 Å². The zero-order chi connectivity index (χ0) is 21.1. The van der Waals surface area contributed by atoms with Crippen LogP contribution in [0.1, 0.15) is 25.5 Å². The van der Waals surface area contributed by atoms with Crippen molar-refractivity contribution in [3.05, 3.63) is 60.2 Å². The van der Waals surface area contributed by atoms with Crippen molar-refractivity contribution in [2.24, 2.45) is 5.92 Å². The van der Waals surface area contributed by atoms with Crippen molar-refractivity contribution in [2.45, 2.75) is 30.3 Å². The third kappa shape index (κ3) is 4.14. The van der Waals surface area contributed by atoms with Crippen LogP contribution in [0.2, 0.25) is 0 Å². The molecule has 1 aliphatic heterocycles. The number of carbonyl (C=O) groups excluding carboxylic acids is 1. The molecule has 0 bridgehead atoms. The molecule has 0 spiro atoms. The molecule has 0 saturated carbocycles. The molecule has 30 heavy (non-hydrogen) atoms. The van der Waals surface area contributed by atoms with Gasteiger partial charge in [-0.05, 0) is 23.6 Å². The van der Waals surface area contributed by atoms with Gasteiger partial charge in [0.1, 0.15) is 11.0 Å². The molecule has 2 unspecified atom stereocenters. The lowest BCUT2D eigenvalue weighted by Gasteiger charge is -2.33. The van der Waals surface area contributed by atoms with Crippen LogP contribution in [0, 0.1) is 5.92 Å². The van der Waals surface area contributed by atoms with Crippen LogP contribution in [0.15, 0.2) is 59.8 Å². The maximum absolute atomic E-state index is 13.0. The van der Waals surface area contributed by atoms with E-state index in [1.54, 1.807) is 7.11 Å². The fourth-order valence-corrected chi connectivity index (χ4v) is 4.40. The van der Waals surface area contributed by atoms with Crippen molar-refractivity contribution < 1.29 is 9.53 Å². The Kier molecular flexibility index (Phi) is 5.94. The van der Waals surface area contributed by atoms with E-state index < -0.39 is 0 Å². The van der Waals surface area contributed by atoms with E-state index in [0.717, 1.165) is 22.7 Å². The van der Waals surface area contributed by atoms with E-state index in [1.165, 1.54) is 11.8 Å². The maximum Gasteiger partial charge on any atom is 0.236 e. The summed E-state index contributed by atoms with van der Waals surface area (Å²) in [4.78, 5) is 13.0. The highest BCUT2D eigenvalue weighted by molar-refractivity contribution is 8.00. The van der Waals surface area contributed by atoms with Crippen LogP contribution < -0.4 is 15.5 Å². The monoisotopic (exact) mass is 423 g/mol. The molecule has 8 heteroatoms. The number of hydrogen-bond donors (Lipinski definition) is 2. The van der Waals surface area contributed by atoms with Crippen molar-refractivity contribution in [2.75, 3.05) is 19.1 Å². The van der Waals surface area contributed by atoms with Crippen LogP contribution in [0.25, 0.3) is 11.4 Å². The average molecular weight is 424 g/mol. The van der Waals surface area contributed by atoms with Crippen LogP contribution in [0.5, 0.6) is 5.75 Å². The molecule has 0 radical (unpaired) electrons. The molecule has 3 aromatic rings. The van der Waals surface area contributed by atoms with Gasteiger partial charge in [0.25, 0.3) is 0 Å². The van der Waals surface area contributed by atoms with Crippen LogP contribution in [-0.4, -0.2) is 39.7 Å². The molecular formula is C22H25N5O2S. The number of fused-ring (bicyclic) bond motifs is 1. The second-order valence-electron chi connectivity index (χ2n) is 7.56. The van der Waals surface area contributed by atoms with Crippen molar-refractivity contribution in [1.29, 1.82) is 0 Å². The molecule has 0 aliphatic carbocycles. The highest BCUT2D eigenvalue weighted by Crippen LogP contribution is 2.38. The molecule has 0 saturated heterocycles. The van der Waals surface area contributed by atoms with E-state index in [9.17, 15) is 4.79 Å². The smallest absolute Gasteiger partial charge is 0.236 e. The highest BCUT2D eigenvalue weighted by atomic mass is 32.2. The van der Waals surface area contributed by atoms with Gasteiger partial charge < -0.3 is 15.5 Å². The Morgan fingerprint density at radius 2 is 1.90 bits per heavy atom. The number of carbonyl (C=O) groups is 1. The number of nitrogens with one attached hydrogen (secondary N) is 2. The fraction of sp³-hybridized carbons (Fsp3) is 0.318. The summed E-state index contributed by atoms with van der Waals surface area (Å²) in [7, 11) is 1.64. The second-order valence-corrected chi connectivity index (χ2v) is 8.67. The van der Waals surface area contributed by atoms with Crippen LogP contribution in [-0.2, 0) is 4.79 Å². The van der Waals surface area contributed by atoms with Gasteiger partial charge in [-0.2, -0.15) is 0 Å². The number of aromatic nitrogens is 3. The number of methoxy groups -OCH3 is 1. The normalized spacial score (nSPS) is 17.9. The van der Waals surface area contributed by atoms with Gasteiger partial charge in [0.05, 0.1) is 13.2 Å². The van der Waals surface area contributed by atoms with Crippen molar-refractivity contribution >= 4 is 17.7 Å². The Bertz CT molecular complexity index is 1000. The minimum atomic E-state index is -0.377. The molecule has 7 nitrogen and oxygen atoms in total. The lowest BCUT2D eigenvalue weighted by Crippen LogP contribution is -2.44. The zero-order valence-corrected chi connectivity index (χ0v) is 18.0. The molecule has 1 amide bonds. The summed E-state index contributed by atoms with van der Waals surface area (Å²) < 4.78 is 7.16. The van der Waals surface area contributed by atoms with Gasteiger partial charge in [-0.25, -0.2) is 4.68 Å². The highest BCUT2D eigenvalue weighted by Gasteiger charge is 2.38. The van der Waals surface area contributed by atoms with Crippen molar-refractivity contribution in [3.8, 4) is 17.1 Å². The first kappa shape index (κ1) is 20.3. The van der Waals surface area contributed by atoms with Gasteiger partial charge in [0, 0.05) is 12.1 Å². The summed E-state index contributed by atoms with van der Waals surface area (Å²) in [6.07, 6.45) is 0. The minimum Gasteiger partial charge on any atom is -0.497 e. The lowest BCUT2D eigenvalue weighted by molar-refractivity contribution is -0.121. The summed E-state index contributed by atoms with van der Waals surface area (Å²) in [6, 6.07) is 17.4. The van der Waals surface area contributed by atoms with E-state index in [4.69, 9.17) is 4.74 Å². The Balaban J connectivity index is 1.69. The summed E-state index contributed by atoms with van der Waals surface area (Å²) >= 11 is 1.43. The SMILES string of the molecule is COc1ccc(C2Nn3c(nnc3-c3ccccc3)SC2C(=O)NCC(C)C)cc1. The number of amides is 1. The molecule has 156 valence electrons. The largest absolute Gasteiger partial charge is 0.497 e. The van der Waals surface area contributed by atoms with Crippen molar-refractivity contribution in [3.63, 3.8) is 0 Å². The molecule has 2 aromatic carbocycles. The average Bonchev–Trinajstić information content (AvgIpc) is 3.20. The second kappa shape index (κ2) is 8.79.